The van der Waals surface area contributed by atoms with Gasteiger partial charge in [-0.3, -0.25) is 4.99 Å². The number of hydrogen-bond donors (Lipinski definition) is 2. The summed E-state index contributed by atoms with van der Waals surface area (Å²) in [7, 11) is 5.94. The van der Waals surface area contributed by atoms with Gasteiger partial charge < -0.3 is 20.3 Å². The van der Waals surface area contributed by atoms with Crippen molar-refractivity contribution in [3.63, 3.8) is 0 Å². The number of aliphatic imine (C=N–C) groups is 1. The standard InChI is InChI=1S/C21H30N4O.HI/c1-5-26-20-12-7-6-11-19(20)15-24-21(22-2)23-14-17-9-8-10-18(13-17)16-25(3)4;/h6-13H,5,14-16H2,1-4H3,(H2,22,23,24);1H. The van der Waals surface area contributed by atoms with Crippen LogP contribution in [0.4, 0.5) is 0 Å². The van der Waals surface area contributed by atoms with Crippen molar-refractivity contribution in [2.75, 3.05) is 27.7 Å². The molecule has 5 nitrogen and oxygen atoms in total. The van der Waals surface area contributed by atoms with Crippen molar-refractivity contribution >= 4 is 29.9 Å². The first-order valence-corrected chi connectivity index (χ1v) is 9.00. The summed E-state index contributed by atoms with van der Waals surface area (Å²) in [5.41, 5.74) is 3.66. The summed E-state index contributed by atoms with van der Waals surface area (Å²) >= 11 is 0. The maximum Gasteiger partial charge on any atom is 0.191 e. The summed E-state index contributed by atoms with van der Waals surface area (Å²) in [5.74, 6) is 1.68. The molecular weight excluding hydrogens is 451 g/mol. The predicted molar refractivity (Wildman–Crippen MR) is 124 cm³/mol. The molecule has 2 aromatic carbocycles. The Hall–Kier alpha value is -1.80. The second kappa shape index (κ2) is 12.6. The highest BCUT2D eigenvalue weighted by atomic mass is 127. The third-order valence-corrected chi connectivity index (χ3v) is 3.89. The van der Waals surface area contributed by atoms with Gasteiger partial charge in [0.05, 0.1) is 6.61 Å². The molecule has 0 atom stereocenters. The summed E-state index contributed by atoms with van der Waals surface area (Å²) in [6, 6.07) is 16.7. The van der Waals surface area contributed by atoms with Crippen LogP contribution in [0.1, 0.15) is 23.6 Å². The molecule has 0 saturated carbocycles. The van der Waals surface area contributed by atoms with Crippen molar-refractivity contribution in [1.29, 1.82) is 0 Å². The Morgan fingerprint density at radius 1 is 1.00 bits per heavy atom. The van der Waals surface area contributed by atoms with Crippen LogP contribution in [0, 0.1) is 0 Å². The first kappa shape index (κ1) is 23.2. The third-order valence-electron chi connectivity index (χ3n) is 3.89. The summed E-state index contributed by atoms with van der Waals surface area (Å²) in [6.45, 7) is 4.99. The number of para-hydroxylation sites is 1. The van der Waals surface area contributed by atoms with Crippen molar-refractivity contribution in [3.8, 4) is 5.75 Å². The zero-order valence-electron chi connectivity index (χ0n) is 16.7. The maximum absolute atomic E-state index is 5.67. The normalized spacial score (nSPS) is 11.1. The highest BCUT2D eigenvalue weighted by molar-refractivity contribution is 14.0. The number of nitrogens with zero attached hydrogens (tertiary/aromatic N) is 2. The molecule has 0 aliphatic rings. The minimum atomic E-state index is 0. The number of rotatable bonds is 8. The number of hydrogen-bond acceptors (Lipinski definition) is 3. The van der Waals surface area contributed by atoms with Crippen LogP contribution in [-0.4, -0.2) is 38.6 Å². The molecule has 0 aliphatic heterocycles. The lowest BCUT2D eigenvalue weighted by atomic mass is 10.1. The van der Waals surface area contributed by atoms with E-state index in [2.05, 4.69) is 65.0 Å². The first-order valence-electron chi connectivity index (χ1n) is 9.00. The fourth-order valence-electron chi connectivity index (χ4n) is 2.73. The van der Waals surface area contributed by atoms with Gasteiger partial charge in [-0.05, 0) is 38.2 Å². The molecule has 148 valence electrons. The van der Waals surface area contributed by atoms with Crippen LogP contribution < -0.4 is 15.4 Å². The van der Waals surface area contributed by atoms with Crippen molar-refractivity contribution in [2.24, 2.45) is 4.99 Å². The Morgan fingerprint density at radius 2 is 1.70 bits per heavy atom. The van der Waals surface area contributed by atoms with E-state index in [1.807, 2.05) is 25.1 Å². The Morgan fingerprint density at radius 3 is 2.41 bits per heavy atom. The van der Waals surface area contributed by atoms with E-state index in [1.165, 1.54) is 11.1 Å². The monoisotopic (exact) mass is 482 g/mol. The SMILES string of the molecule is CCOc1ccccc1CNC(=NC)NCc1cccc(CN(C)C)c1.I. The third kappa shape index (κ3) is 8.17. The van der Waals surface area contributed by atoms with E-state index in [1.54, 1.807) is 7.05 Å². The molecule has 0 radical (unpaired) electrons. The lowest BCUT2D eigenvalue weighted by Crippen LogP contribution is -2.36. The average molecular weight is 482 g/mol. The first-order chi connectivity index (χ1) is 12.6. The Bertz CT molecular complexity index is 719. The van der Waals surface area contributed by atoms with Crippen molar-refractivity contribution in [3.05, 3.63) is 65.2 Å². The highest BCUT2D eigenvalue weighted by Gasteiger charge is 2.04. The van der Waals surface area contributed by atoms with E-state index in [0.717, 1.165) is 30.4 Å². The lowest BCUT2D eigenvalue weighted by molar-refractivity contribution is 0.336. The molecule has 2 rings (SSSR count). The van der Waals surface area contributed by atoms with E-state index < -0.39 is 0 Å². The highest BCUT2D eigenvalue weighted by Crippen LogP contribution is 2.17. The largest absolute Gasteiger partial charge is 0.494 e. The smallest absolute Gasteiger partial charge is 0.191 e. The van der Waals surface area contributed by atoms with Crippen LogP contribution in [0.5, 0.6) is 5.75 Å². The van der Waals surface area contributed by atoms with Crippen LogP contribution in [0.15, 0.2) is 53.5 Å². The molecule has 0 bridgehead atoms. The summed E-state index contributed by atoms with van der Waals surface area (Å²) < 4.78 is 5.67. The molecule has 0 amide bonds. The zero-order valence-corrected chi connectivity index (χ0v) is 19.0. The van der Waals surface area contributed by atoms with Gasteiger partial charge in [0.25, 0.3) is 0 Å². The van der Waals surface area contributed by atoms with Gasteiger partial charge >= 0.3 is 0 Å². The average Bonchev–Trinajstić information content (AvgIpc) is 2.63. The van der Waals surface area contributed by atoms with E-state index in [4.69, 9.17) is 4.74 Å². The molecule has 0 unspecified atom stereocenters. The molecule has 0 fully saturated rings. The number of nitrogens with one attached hydrogen (secondary N) is 2. The molecular formula is C21H31IN4O. The molecule has 0 aromatic heterocycles. The van der Waals surface area contributed by atoms with Crippen molar-refractivity contribution in [2.45, 2.75) is 26.6 Å². The number of ether oxygens (including phenoxy) is 1. The van der Waals surface area contributed by atoms with Gasteiger partial charge in [-0.2, -0.15) is 0 Å². The number of benzene rings is 2. The molecule has 2 N–H and O–H groups in total. The van der Waals surface area contributed by atoms with E-state index in [9.17, 15) is 0 Å². The molecule has 0 aliphatic carbocycles. The van der Waals surface area contributed by atoms with Crippen LogP contribution in [0.25, 0.3) is 0 Å². The Labute approximate surface area is 180 Å². The van der Waals surface area contributed by atoms with Crippen molar-refractivity contribution in [1.82, 2.24) is 15.5 Å². The van der Waals surface area contributed by atoms with Gasteiger partial charge in [-0.15, -0.1) is 24.0 Å². The number of guanidine groups is 1. The minimum absolute atomic E-state index is 0. The quantitative estimate of drug-likeness (QED) is 0.343. The summed E-state index contributed by atoms with van der Waals surface area (Å²) in [6.07, 6.45) is 0. The molecule has 27 heavy (non-hydrogen) atoms. The molecule has 0 spiro atoms. The van der Waals surface area contributed by atoms with E-state index in [-0.39, 0.29) is 24.0 Å². The predicted octanol–water partition coefficient (Wildman–Crippen LogP) is 3.63. The van der Waals surface area contributed by atoms with Gasteiger partial charge in [0.2, 0.25) is 0 Å². The summed E-state index contributed by atoms with van der Waals surface area (Å²) in [4.78, 5) is 6.48. The Balaban J connectivity index is 0.00000364. The fraction of sp³-hybridized carbons (Fsp3) is 0.381. The van der Waals surface area contributed by atoms with Gasteiger partial charge in [0.15, 0.2) is 5.96 Å². The van der Waals surface area contributed by atoms with Crippen LogP contribution >= 0.6 is 24.0 Å². The molecule has 0 heterocycles. The van der Waals surface area contributed by atoms with E-state index in [0.29, 0.717) is 13.2 Å². The second-order valence-electron chi connectivity index (χ2n) is 6.38. The maximum atomic E-state index is 5.67. The van der Waals surface area contributed by atoms with Crippen LogP contribution in [0.3, 0.4) is 0 Å². The van der Waals surface area contributed by atoms with Crippen LogP contribution in [-0.2, 0) is 19.6 Å². The molecule has 6 heteroatoms. The molecule has 0 saturated heterocycles. The minimum Gasteiger partial charge on any atom is -0.494 e. The number of halogens is 1. The van der Waals surface area contributed by atoms with Gasteiger partial charge in [-0.25, -0.2) is 0 Å². The van der Waals surface area contributed by atoms with Gasteiger partial charge in [0.1, 0.15) is 5.75 Å². The van der Waals surface area contributed by atoms with Gasteiger partial charge in [-0.1, -0.05) is 42.5 Å². The second-order valence-corrected chi connectivity index (χ2v) is 6.38. The topological polar surface area (TPSA) is 48.9 Å². The van der Waals surface area contributed by atoms with Gasteiger partial charge in [0, 0.05) is 32.2 Å². The lowest BCUT2D eigenvalue weighted by Gasteiger charge is -2.15. The molecule has 2 aromatic rings. The van der Waals surface area contributed by atoms with Crippen molar-refractivity contribution < 1.29 is 4.74 Å². The fourth-order valence-corrected chi connectivity index (χ4v) is 2.73. The van der Waals surface area contributed by atoms with E-state index >= 15 is 0 Å². The zero-order chi connectivity index (χ0) is 18.8. The van der Waals surface area contributed by atoms with Crippen LogP contribution in [0.2, 0.25) is 0 Å². The Kier molecular flexibility index (Phi) is 10.8. The summed E-state index contributed by atoms with van der Waals surface area (Å²) in [5, 5.41) is 6.72.